The molecule has 5 rings (SSSR count). The van der Waals surface area contributed by atoms with Crippen LogP contribution in [0.3, 0.4) is 0 Å². The SMILES string of the molecule is Cc1cc(Nc2nc(C)cc(C)n2)cc([C@H]2CCCN2C(=O)c2oc3ccccc3c2C)n1. The number of carbonyl (C=O) groups excluding carboxylic acids is 1. The molecule has 1 aromatic carbocycles. The number of likely N-dealkylation sites (tertiary alicyclic amines) is 1. The molecule has 7 heteroatoms. The summed E-state index contributed by atoms with van der Waals surface area (Å²) in [5.41, 5.74) is 6.03. The fourth-order valence-corrected chi connectivity index (χ4v) is 4.67. The number of anilines is 2. The van der Waals surface area contributed by atoms with E-state index in [4.69, 9.17) is 9.40 Å². The fourth-order valence-electron chi connectivity index (χ4n) is 4.67. The first-order chi connectivity index (χ1) is 15.9. The van der Waals surface area contributed by atoms with Crippen molar-refractivity contribution in [3.8, 4) is 0 Å². The third-order valence-corrected chi connectivity index (χ3v) is 6.10. The second-order valence-corrected chi connectivity index (χ2v) is 8.73. The molecule has 1 aliphatic heterocycles. The van der Waals surface area contributed by atoms with Gasteiger partial charge in [0.2, 0.25) is 5.95 Å². The van der Waals surface area contributed by atoms with Crippen molar-refractivity contribution >= 4 is 28.5 Å². The summed E-state index contributed by atoms with van der Waals surface area (Å²) < 4.78 is 5.97. The van der Waals surface area contributed by atoms with Crippen LogP contribution in [0.1, 0.15) is 57.8 Å². The largest absolute Gasteiger partial charge is 0.451 e. The van der Waals surface area contributed by atoms with E-state index < -0.39 is 0 Å². The second-order valence-electron chi connectivity index (χ2n) is 8.73. The molecular weight excluding hydrogens is 414 g/mol. The van der Waals surface area contributed by atoms with Crippen molar-refractivity contribution < 1.29 is 9.21 Å². The molecule has 0 aliphatic carbocycles. The lowest BCUT2D eigenvalue weighted by Crippen LogP contribution is -2.31. The maximum absolute atomic E-state index is 13.5. The number of hydrogen-bond donors (Lipinski definition) is 1. The number of nitrogens with one attached hydrogen (secondary N) is 1. The van der Waals surface area contributed by atoms with Gasteiger partial charge in [-0.05, 0) is 64.8 Å². The Balaban J connectivity index is 1.45. The minimum atomic E-state index is -0.106. The summed E-state index contributed by atoms with van der Waals surface area (Å²) in [4.78, 5) is 29.2. The van der Waals surface area contributed by atoms with E-state index in [0.29, 0.717) is 18.3 Å². The van der Waals surface area contributed by atoms with Crippen LogP contribution in [0.15, 0.2) is 46.9 Å². The topological polar surface area (TPSA) is 84.2 Å². The molecule has 168 valence electrons. The number of carbonyl (C=O) groups is 1. The van der Waals surface area contributed by atoms with Gasteiger partial charge in [-0.25, -0.2) is 9.97 Å². The molecule has 1 amide bonds. The van der Waals surface area contributed by atoms with E-state index in [1.165, 1.54) is 0 Å². The Morgan fingerprint density at radius 3 is 2.48 bits per heavy atom. The molecular formula is C26H27N5O2. The van der Waals surface area contributed by atoms with Crippen molar-refractivity contribution in [3.05, 3.63) is 76.6 Å². The lowest BCUT2D eigenvalue weighted by Gasteiger charge is -2.24. The molecule has 0 bridgehead atoms. The number of aryl methyl sites for hydroxylation is 4. The summed E-state index contributed by atoms with van der Waals surface area (Å²) >= 11 is 0. The molecule has 0 saturated carbocycles. The van der Waals surface area contributed by atoms with Gasteiger partial charge in [-0.3, -0.25) is 9.78 Å². The van der Waals surface area contributed by atoms with Gasteiger partial charge in [0.05, 0.1) is 11.7 Å². The maximum atomic E-state index is 13.5. The van der Waals surface area contributed by atoms with E-state index in [1.807, 2.05) is 75.1 Å². The molecule has 4 aromatic rings. The lowest BCUT2D eigenvalue weighted by molar-refractivity contribution is 0.0702. The van der Waals surface area contributed by atoms with Gasteiger partial charge < -0.3 is 14.6 Å². The predicted octanol–water partition coefficient (Wildman–Crippen LogP) is 5.57. The standard InChI is InChI=1S/C26H27N5O2/c1-15-12-16(2)29-26(28-15)30-19-13-17(3)27-21(14-19)22-9-7-11-31(22)25(32)24-18(4)20-8-5-6-10-23(20)33-24/h5-6,8,10,12-14,22H,7,9,11H2,1-4H3,(H,27,28,29,30)/t22-/m1/s1. The minimum absolute atomic E-state index is 0.0818. The van der Waals surface area contributed by atoms with Crippen molar-refractivity contribution in [1.82, 2.24) is 19.9 Å². The van der Waals surface area contributed by atoms with Crippen LogP contribution in [-0.4, -0.2) is 32.3 Å². The Hall–Kier alpha value is -3.74. The van der Waals surface area contributed by atoms with Crippen LogP contribution in [0, 0.1) is 27.7 Å². The van der Waals surface area contributed by atoms with Gasteiger partial charge in [0.25, 0.3) is 5.91 Å². The van der Waals surface area contributed by atoms with Crippen LogP contribution in [0.4, 0.5) is 11.6 Å². The van der Waals surface area contributed by atoms with Crippen molar-refractivity contribution in [1.29, 1.82) is 0 Å². The van der Waals surface area contributed by atoms with Gasteiger partial charge in [0, 0.05) is 40.3 Å². The number of amides is 1. The van der Waals surface area contributed by atoms with Crippen LogP contribution in [0.5, 0.6) is 0 Å². The van der Waals surface area contributed by atoms with E-state index >= 15 is 0 Å². The summed E-state index contributed by atoms with van der Waals surface area (Å²) in [6, 6.07) is 13.6. The first-order valence-electron chi connectivity index (χ1n) is 11.3. The highest BCUT2D eigenvalue weighted by Gasteiger charge is 2.34. The zero-order valence-corrected chi connectivity index (χ0v) is 19.3. The molecule has 1 saturated heterocycles. The Bertz CT molecular complexity index is 1340. The predicted molar refractivity (Wildman–Crippen MR) is 128 cm³/mol. The minimum Gasteiger partial charge on any atom is -0.451 e. The van der Waals surface area contributed by atoms with Gasteiger partial charge in [-0.2, -0.15) is 0 Å². The van der Waals surface area contributed by atoms with E-state index in [-0.39, 0.29) is 11.9 Å². The average molecular weight is 442 g/mol. The molecule has 33 heavy (non-hydrogen) atoms. The zero-order valence-electron chi connectivity index (χ0n) is 19.3. The molecule has 1 atom stereocenters. The number of benzene rings is 1. The Morgan fingerprint density at radius 2 is 1.73 bits per heavy atom. The third-order valence-electron chi connectivity index (χ3n) is 6.10. The van der Waals surface area contributed by atoms with Crippen molar-refractivity contribution in [3.63, 3.8) is 0 Å². The second kappa shape index (κ2) is 8.31. The molecule has 0 spiro atoms. The highest BCUT2D eigenvalue weighted by atomic mass is 16.3. The number of hydrogen-bond acceptors (Lipinski definition) is 6. The van der Waals surface area contributed by atoms with Gasteiger partial charge in [0.1, 0.15) is 5.58 Å². The molecule has 0 unspecified atom stereocenters. The number of aromatic nitrogens is 3. The van der Waals surface area contributed by atoms with Gasteiger partial charge in [-0.15, -0.1) is 0 Å². The number of fused-ring (bicyclic) bond motifs is 1. The van der Waals surface area contributed by atoms with Crippen LogP contribution in [0.25, 0.3) is 11.0 Å². The summed E-state index contributed by atoms with van der Waals surface area (Å²) in [7, 11) is 0. The molecule has 1 fully saturated rings. The first-order valence-corrected chi connectivity index (χ1v) is 11.3. The van der Waals surface area contributed by atoms with E-state index in [2.05, 4.69) is 15.3 Å². The summed E-state index contributed by atoms with van der Waals surface area (Å²) in [6.07, 6.45) is 1.79. The van der Waals surface area contributed by atoms with Crippen LogP contribution in [-0.2, 0) is 0 Å². The van der Waals surface area contributed by atoms with Crippen molar-refractivity contribution in [2.75, 3.05) is 11.9 Å². The van der Waals surface area contributed by atoms with Crippen LogP contribution >= 0.6 is 0 Å². The number of furan rings is 1. The number of nitrogens with zero attached hydrogens (tertiary/aromatic N) is 4. The summed E-state index contributed by atoms with van der Waals surface area (Å²) in [5.74, 6) is 0.890. The molecule has 0 radical (unpaired) electrons. The van der Waals surface area contributed by atoms with Gasteiger partial charge >= 0.3 is 0 Å². The number of rotatable bonds is 4. The Labute approximate surface area is 192 Å². The monoisotopic (exact) mass is 441 g/mol. The quantitative estimate of drug-likeness (QED) is 0.446. The molecule has 4 heterocycles. The third kappa shape index (κ3) is 4.06. The molecule has 1 aliphatic rings. The molecule has 1 N–H and O–H groups in total. The normalized spacial score (nSPS) is 15.9. The van der Waals surface area contributed by atoms with E-state index in [1.54, 1.807) is 0 Å². The van der Waals surface area contributed by atoms with Crippen LogP contribution in [0.2, 0.25) is 0 Å². The Morgan fingerprint density at radius 1 is 1.00 bits per heavy atom. The van der Waals surface area contributed by atoms with Crippen molar-refractivity contribution in [2.45, 2.75) is 46.6 Å². The van der Waals surface area contributed by atoms with Gasteiger partial charge in [-0.1, -0.05) is 18.2 Å². The first kappa shape index (κ1) is 21.1. The zero-order chi connectivity index (χ0) is 23.1. The van der Waals surface area contributed by atoms with Crippen LogP contribution < -0.4 is 5.32 Å². The van der Waals surface area contributed by atoms with E-state index in [0.717, 1.165) is 57.8 Å². The maximum Gasteiger partial charge on any atom is 0.290 e. The highest BCUT2D eigenvalue weighted by molar-refractivity contribution is 5.99. The fraction of sp³-hybridized carbons (Fsp3) is 0.308. The smallest absolute Gasteiger partial charge is 0.290 e. The molecule has 3 aromatic heterocycles. The highest BCUT2D eigenvalue weighted by Crippen LogP contribution is 2.35. The van der Waals surface area contributed by atoms with E-state index in [9.17, 15) is 4.79 Å². The number of para-hydroxylation sites is 1. The van der Waals surface area contributed by atoms with Gasteiger partial charge in [0.15, 0.2) is 5.76 Å². The summed E-state index contributed by atoms with van der Waals surface area (Å²) in [5, 5.41) is 4.29. The molecule has 7 nitrogen and oxygen atoms in total. The lowest BCUT2D eigenvalue weighted by atomic mass is 10.1. The number of pyridine rings is 1. The van der Waals surface area contributed by atoms with Crippen molar-refractivity contribution in [2.24, 2.45) is 0 Å². The average Bonchev–Trinajstić information content (AvgIpc) is 3.38. The Kier molecular flexibility index (Phi) is 5.32. The summed E-state index contributed by atoms with van der Waals surface area (Å²) in [6.45, 7) is 8.48.